The van der Waals surface area contributed by atoms with E-state index in [1.165, 1.54) is 12.7 Å². The molecular formula is C30H27NO4S. The molecule has 0 atom stereocenters. The smallest absolute Gasteiger partial charge is 0.338 e. The minimum absolute atomic E-state index is 0.410. The van der Waals surface area contributed by atoms with Gasteiger partial charge >= 0.3 is 5.97 Å². The molecule has 182 valence electrons. The van der Waals surface area contributed by atoms with E-state index in [9.17, 15) is 9.59 Å². The number of carbonyl (C=O) groups excluding carboxylic acids is 2. The summed E-state index contributed by atoms with van der Waals surface area (Å²) in [4.78, 5) is 26.4. The number of benzene rings is 3. The fourth-order valence-corrected chi connectivity index (χ4v) is 5.97. The molecule has 2 heterocycles. The third-order valence-electron chi connectivity index (χ3n) is 6.73. The summed E-state index contributed by atoms with van der Waals surface area (Å²) in [7, 11) is 2.99. The van der Waals surface area contributed by atoms with Gasteiger partial charge in [-0.1, -0.05) is 17.7 Å². The Kier molecular flexibility index (Phi) is 6.14. The average Bonchev–Trinajstić information content (AvgIpc) is 3.53. The Morgan fingerprint density at radius 3 is 2.44 bits per heavy atom. The first-order valence-corrected chi connectivity index (χ1v) is 12.7. The Morgan fingerprint density at radius 2 is 1.81 bits per heavy atom. The minimum atomic E-state index is -0.452. The Balaban J connectivity index is 1.89. The van der Waals surface area contributed by atoms with Gasteiger partial charge in [0.2, 0.25) is 0 Å². The summed E-state index contributed by atoms with van der Waals surface area (Å²) < 4.78 is 13.2. The van der Waals surface area contributed by atoms with E-state index >= 15 is 0 Å². The number of fused-ring (bicyclic) bond motifs is 3. The number of rotatable bonds is 6. The number of aldehydes is 1. The predicted molar refractivity (Wildman–Crippen MR) is 147 cm³/mol. The van der Waals surface area contributed by atoms with Gasteiger partial charge in [0.25, 0.3) is 0 Å². The van der Waals surface area contributed by atoms with Crippen LogP contribution in [0.1, 0.15) is 38.8 Å². The molecule has 0 N–H and O–H groups in total. The third kappa shape index (κ3) is 3.69. The SMILES string of the molecule is CCn1c2cc(-c3cc(OC)c(-c4cccs4)cc3C=O)c(C(=O)OC)cc2c2cc(C)cc(C)c21. The lowest BCUT2D eigenvalue weighted by atomic mass is 9.92. The van der Waals surface area contributed by atoms with Gasteiger partial charge in [0.05, 0.1) is 25.3 Å². The molecule has 0 amide bonds. The van der Waals surface area contributed by atoms with Crippen molar-refractivity contribution < 1.29 is 19.1 Å². The Labute approximate surface area is 213 Å². The van der Waals surface area contributed by atoms with Crippen LogP contribution in [0, 0.1) is 13.8 Å². The maximum absolute atomic E-state index is 13.1. The maximum atomic E-state index is 13.1. The van der Waals surface area contributed by atoms with Crippen LogP contribution in [0.5, 0.6) is 5.75 Å². The number of aryl methyl sites for hydroxylation is 3. The van der Waals surface area contributed by atoms with Crippen molar-refractivity contribution in [3.8, 4) is 27.3 Å². The van der Waals surface area contributed by atoms with E-state index in [1.807, 2.05) is 41.8 Å². The zero-order chi connectivity index (χ0) is 25.6. The number of methoxy groups -OCH3 is 2. The number of thiophene rings is 1. The van der Waals surface area contributed by atoms with Crippen LogP contribution < -0.4 is 4.74 Å². The van der Waals surface area contributed by atoms with E-state index in [1.54, 1.807) is 18.4 Å². The molecule has 3 aromatic carbocycles. The Bertz CT molecular complexity index is 1640. The van der Waals surface area contributed by atoms with E-state index < -0.39 is 5.97 Å². The molecule has 0 unspecified atom stereocenters. The molecule has 6 heteroatoms. The molecule has 2 aromatic heterocycles. The largest absolute Gasteiger partial charge is 0.496 e. The number of ether oxygens (including phenoxy) is 2. The second kappa shape index (κ2) is 9.28. The topological polar surface area (TPSA) is 57.5 Å². The number of hydrogen-bond acceptors (Lipinski definition) is 5. The highest BCUT2D eigenvalue weighted by molar-refractivity contribution is 7.13. The Hall–Kier alpha value is -3.90. The van der Waals surface area contributed by atoms with Crippen LogP contribution in [0.15, 0.2) is 53.9 Å². The van der Waals surface area contributed by atoms with E-state index in [4.69, 9.17) is 9.47 Å². The lowest BCUT2D eigenvalue weighted by Crippen LogP contribution is -2.06. The van der Waals surface area contributed by atoms with Crippen molar-refractivity contribution >= 4 is 45.4 Å². The standard InChI is InChI=1S/C30H27NO4S/c1-6-31-26-14-21(20-15-27(34-4)25(12-19(20)16-32)28-8-7-9-36-28)24(30(33)35-5)13-22(26)23-11-17(2)10-18(3)29(23)31/h7-16H,6H2,1-5H3. The molecule has 0 aliphatic carbocycles. The fraction of sp³-hybridized carbons (Fsp3) is 0.200. The van der Waals surface area contributed by atoms with Gasteiger partial charge in [-0.3, -0.25) is 4.79 Å². The molecular weight excluding hydrogens is 470 g/mol. The fourth-order valence-electron chi connectivity index (χ4n) is 5.22. The summed E-state index contributed by atoms with van der Waals surface area (Å²) in [6, 6.07) is 15.9. The highest BCUT2D eigenvalue weighted by Crippen LogP contribution is 2.42. The van der Waals surface area contributed by atoms with Crippen LogP contribution in [0.3, 0.4) is 0 Å². The van der Waals surface area contributed by atoms with Gasteiger partial charge in [-0.05, 0) is 79.2 Å². The van der Waals surface area contributed by atoms with Crippen LogP contribution in [0.25, 0.3) is 43.4 Å². The number of nitrogens with zero attached hydrogens (tertiary/aromatic N) is 1. The molecule has 5 aromatic rings. The minimum Gasteiger partial charge on any atom is -0.496 e. The molecule has 5 rings (SSSR count). The molecule has 0 saturated carbocycles. The van der Waals surface area contributed by atoms with E-state index in [2.05, 4.69) is 37.5 Å². The van der Waals surface area contributed by atoms with Crippen molar-refractivity contribution in [2.45, 2.75) is 27.3 Å². The molecule has 0 aliphatic heterocycles. The molecule has 0 spiro atoms. The van der Waals surface area contributed by atoms with Crippen LogP contribution in [0.2, 0.25) is 0 Å². The number of hydrogen-bond donors (Lipinski definition) is 0. The second-order valence-corrected chi connectivity index (χ2v) is 9.81. The summed E-state index contributed by atoms with van der Waals surface area (Å²) in [5.74, 6) is 0.184. The zero-order valence-electron chi connectivity index (χ0n) is 21.0. The second-order valence-electron chi connectivity index (χ2n) is 8.86. The van der Waals surface area contributed by atoms with Crippen LogP contribution >= 0.6 is 11.3 Å². The molecule has 0 radical (unpaired) electrons. The van der Waals surface area contributed by atoms with Gasteiger partial charge in [0.15, 0.2) is 6.29 Å². The van der Waals surface area contributed by atoms with Gasteiger partial charge in [-0.2, -0.15) is 0 Å². The summed E-state index contributed by atoms with van der Waals surface area (Å²) in [5, 5.41) is 4.07. The van der Waals surface area contributed by atoms with Crippen molar-refractivity contribution in [3.63, 3.8) is 0 Å². The van der Waals surface area contributed by atoms with Crippen molar-refractivity contribution in [2.75, 3.05) is 14.2 Å². The van der Waals surface area contributed by atoms with E-state index in [-0.39, 0.29) is 0 Å². The monoisotopic (exact) mass is 497 g/mol. The lowest BCUT2D eigenvalue weighted by Gasteiger charge is -2.16. The van der Waals surface area contributed by atoms with Crippen LogP contribution in [0.4, 0.5) is 0 Å². The summed E-state index contributed by atoms with van der Waals surface area (Å²) in [6.07, 6.45) is 0.833. The number of esters is 1. The summed E-state index contributed by atoms with van der Waals surface area (Å²) in [5.41, 5.74) is 7.49. The van der Waals surface area contributed by atoms with Gasteiger partial charge in [-0.15, -0.1) is 11.3 Å². The molecule has 0 aliphatic rings. The molecule has 0 saturated heterocycles. The van der Waals surface area contributed by atoms with Gasteiger partial charge in [0, 0.05) is 38.8 Å². The average molecular weight is 498 g/mol. The first kappa shape index (κ1) is 23.8. The highest BCUT2D eigenvalue weighted by atomic mass is 32.1. The molecule has 5 nitrogen and oxygen atoms in total. The van der Waals surface area contributed by atoms with Crippen molar-refractivity contribution in [1.29, 1.82) is 0 Å². The first-order chi connectivity index (χ1) is 17.4. The number of carbonyl (C=O) groups is 2. The van der Waals surface area contributed by atoms with Crippen LogP contribution in [-0.4, -0.2) is 31.0 Å². The van der Waals surface area contributed by atoms with Crippen LogP contribution in [-0.2, 0) is 11.3 Å². The summed E-state index contributed by atoms with van der Waals surface area (Å²) >= 11 is 1.58. The lowest BCUT2D eigenvalue weighted by molar-refractivity contribution is 0.0601. The molecule has 0 fully saturated rings. The third-order valence-corrected chi connectivity index (χ3v) is 7.63. The number of aromatic nitrogens is 1. The Morgan fingerprint density at radius 1 is 1.00 bits per heavy atom. The zero-order valence-corrected chi connectivity index (χ0v) is 21.8. The van der Waals surface area contributed by atoms with Crippen molar-refractivity contribution in [3.05, 3.63) is 76.2 Å². The predicted octanol–water partition coefficient (Wildman–Crippen LogP) is 7.43. The van der Waals surface area contributed by atoms with Crippen molar-refractivity contribution in [2.24, 2.45) is 0 Å². The van der Waals surface area contributed by atoms with Gasteiger partial charge in [0.1, 0.15) is 5.75 Å². The quantitative estimate of drug-likeness (QED) is 0.181. The highest BCUT2D eigenvalue weighted by Gasteiger charge is 2.23. The summed E-state index contributed by atoms with van der Waals surface area (Å²) in [6.45, 7) is 7.07. The van der Waals surface area contributed by atoms with E-state index in [0.717, 1.165) is 50.6 Å². The maximum Gasteiger partial charge on any atom is 0.338 e. The van der Waals surface area contributed by atoms with Gasteiger partial charge < -0.3 is 14.0 Å². The van der Waals surface area contributed by atoms with Crippen molar-refractivity contribution in [1.82, 2.24) is 4.57 Å². The first-order valence-electron chi connectivity index (χ1n) is 11.8. The molecule has 0 bridgehead atoms. The van der Waals surface area contributed by atoms with Gasteiger partial charge in [-0.25, -0.2) is 4.79 Å². The van der Waals surface area contributed by atoms with E-state index in [0.29, 0.717) is 28.0 Å². The molecule has 36 heavy (non-hydrogen) atoms. The normalized spacial score (nSPS) is 11.2.